The minimum Gasteiger partial charge on any atom is -0.468 e. The van der Waals surface area contributed by atoms with Crippen LogP contribution in [0.3, 0.4) is 0 Å². The molecule has 3 aromatic rings. The Hall–Kier alpha value is -2.63. The number of sulfonamides is 1. The monoisotopic (exact) mass is 532 g/mol. The first kappa shape index (κ1) is 26.0. The fraction of sp³-hybridized carbons (Fsp3) is 0.227. The number of hydrogen-bond acceptors (Lipinski definition) is 5. The van der Waals surface area contributed by atoms with Crippen LogP contribution in [0.15, 0.2) is 76.2 Å². The van der Waals surface area contributed by atoms with E-state index in [1.807, 2.05) is 6.07 Å². The molecule has 2 aromatic carbocycles. The van der Waals surface area contributed by atoms with Gasteiger partial charge in [-0.25, -0.2) is 8.42 Å². The molecule has 1 aromatic heterocycles. The number of anilines is 1. The molecule has 0 saturated heterocycles. The van der Waals surface area contributed by atoms with Gasteiger partial charge < -0.3 is 9.73 Å². The van der Waals surface area contributed by atoms with Crippen molar-refractivity contribution in [1.82, 2.24) is 5.32 Å². The summed E-state index contributed by atoms with van der Waals surface area (Å²) in [4.78, 5) is 12.4. The van der Waals surface area contributed by atoms with Gasteiger partial charge in [0.25, 0.3) is 10.0 Å². The Bertz CT molecular complexity index is 1200. The SMILES string of the molecule is O=C(CN(c1cc(C(F)(F)F)ccc1Cl)S(=O)(=O)c1ccccc1)NCCSCc1ccco1. The Labute approximate surface area is 204 Å². The quantitative estimate of drug-likeness (QED) is 0.363. The summed E-state index contributed by atoms with van der Waals surface area (Å²) in [5, 5.41) is 2.35. The second-order valence-corrected chi connectivity index (χ2v) is 10.3. The lowest BCUT2D eigenvalue weighted by Gasteiger charge is -2.25. The van der Waals surface area contributed by atoms with Gasteiger partial charge in [0.15, 0.2) is 0 Å². The lowest BCUT2D eigenvalue weighted by molar-refractivity contribution is -0.137. The van der Waals surface area contributed by atoms with Crippen LogP contribution in [0.25, 0.3) is 0 Å². The van der Waals surface area contributed by atoms with Gasteiger partial charge in [-0.1, -0.05) is 29.8 Å². The summed E-state index contributed by atoms with van der Waals surface area (Å²) >= 11 is 7.59. The lowest BCUT2D eigenvalue weighted by Crippen LogP contribution is -2.41. The summed E-state index contributed by atoms with van der Waals surface area (Å²) in [7, 11) is -4.40. The molecular formula is C22H20ClF3N2O4S2. The molecule has 6 nitrogen and oxygen atoms in total. The standard InChI is InChI=1S/C22H20ClF3N2O4S2/c23-19-9-8-16(22(24,25)26)13-20(19)28(34(30,31)18-6-2-1-3-7-18)14-21(29)27-10-12-33-15-17-5-4-11-32-17/h1-9,11,13H,10,12,14-15H2,(H,27,29). The van der Waals surface area contributed by atoms with Crippen molar-refractivity contribution < 1.29 is 30.8 Å². The maximum Gasteiger partial charge on any atom is 0.416 e. The number of carbonyl (C=O) groups excluding carboxylic acids is 1. The number of halogens is 4. The number of hydrogen-bond donors (Lipinski definition) is 1. The number of rotatable bonds is 10. The van der Waals surface area contributed by atoms with E-state index < -0.39 is 39.9 Å². The minimum absolute atomic E-state index is 0.190. The van der Waals surface area contributed by atoms with Gasteiger partial charge in [0.1, 0.15) is 12.3 Å². The fourth-order valence-corrected chi connectivity index (χ4v) is 5.39. The Morgan fingerprint density at radius 1 is 1.09 bits per heavy atom. The average molecular weight is 533 g/mol. The van der Waals surface area contributed by atoms with Gasteiger partial charge in [-0.15, -0.1) is 0 Å². The van der Waals surface area contributed by atoms with Crippen molar-refractivity contribution in [3.8, 4) is 0 Å². The van der Waals surface area contributed by atoms with Crippen molar-refractivity contribution in [3.05, 3.63) is 83.3 Å². The minimum atomic E-state index is -4.73. The highest BCUT2D eigenvalue weighted by Crippen LogP contribution is 2.37. The maximum atomic E-state index is 13.3. The van der Waals surface area contributed by atoms with Gasteiger partial charge in [-0.2, -0.15) is 24.9 Å². The van der Waals surface area contributed by atoms with E-state index in [4.69, 9.17) is 16.0 Å². The highest BCUT2D eigenvalue weighted by molar-refractivity contribution is 7.98. The predicted octanol–water partition coefficient (Wildman–Crippen LogP) is 5.20. The summed E-state index contributed by atoms with van der Waals surface area (Å²) in [5.41, 5.74) is -1.53. The molecule has 0 saturated carbocycles. The molecule has 0 aliphatic carbocycles. The molecule has 0 fully saturated rings. The third-order valence-corrected chi connectivity index (χ3v) is 7.63. The van der Waals surface area contributed by atoms with E-state index in [9.17, 15) is 26.4 Å². The number of alkyl halides is 3. The number of thioether (sulfide) groups is 1. The molecule has 1 heterocycles. The van der Waals surface area contributed by atoms with Gasteiger partial charge in [-0.05, 0) is 42.5 Å². The highest BCUT2D eigenvalue weighted by atomic mass is 35.5. The molecule has 0 aliphatic rings. The smallest absolute Gasteiger partial charge is 0.416 e. The normalized spacial score (nSPS) is 11.9. The molecule has 1 N–H and O–H groups in total. The van der Waals surface area contributed by atoms with E-state index in [0.717, 1.165) is 17.9 Å². The van der Waals surface area contributed by atoms with Crippen molar-refractivity contribution >= 4 is 45.0 Å². The first-order valence-corrected chi connectivity index (χ1v) is 12.9. The molecule has 0 radical (unpaired) electrons. The first-order chi connectivity index (χ1) is 16.1. The van der Waals surface area contributed by atoms with E-state index >= 15 is 0 Å². The molecule has 0 aliphatic heterocycles. The van der Waals surface area contributed by atoms with Crippen LogP contribution >= 0.6 is 23.4 Å². The first-order valence-electron chi connectivity index (χ1n) is 9.90. The number of nitrogens with one attached hydrogen (secondary N) is 1. The van der Waals surface area contributed by atoms with Crippen LogP contribution in [0.1, 0.15) is 11.3 Å². The van der Waals surface area contributed by atoms with Crippen molar-refractivity contribution in [1.29, 1.82) is 0 Å². The van der Waals surface area contributed by atoms with Crippen LogP contribution in [-0.4, -0.2) is 33.2 Å². The van der Waals surface area contributed by atoms with Gasteiger partial charge in [-0.3, -0.25) is 9.10 Å². The van der Waals surface area contributed by atoms with Crippen molar-refractivity contribution in [3.63, 3.8) is 0 Å². The van der Waals surface area contributed by atoms with E-state index in [0.29, 0.717) is 21.9 Å². The molecule has 3 rings (SSSR count). The largest absolute Gasteiger partial charge is 0.468 e. The highest BCUT2D eigenvalue weighted by Gasteiger charge is 2.34. The molecule has 34 heavy (non-hydrogen) atoms. The molecule has 0 bridgehead atoms. The maximum absolute atomic E-state index is 13.3. The zero-order valence-corrected chi connectivity index (χ0v) is 20.0. The zero-order valence-electron chi connectivity index (χ0n) is 17.6. The van der Waals surface area contributed by atoms with Crippen LogP contribution in [0.2, 0.25) is 5.02 Å². The summed E-state index contributed by atoms with van der Waals surface area (Å²) in [6.07, 6.45) is -3.17. The average Bonchev–Trinajstić information content (AvgIpc) is 3.31. The van der Waals surface area contributed by atoms with Crippen molar-refractivity contribution in [2.24, 2.45) is 0 Å². The predicted molar refractivity (Wildman–Crippen MR) is 125 cm³/mol. The Balaban J connectivity index is 1.80. The Morgan fingerprint density at radius 3 is 2.47 bits per heavy atom. The summed E-state index contributed by atoms with van der Waals surface area (Å²) in [6.45, 7) is -0.527. The van der Waals surface area contributed by atoms with E-state index in [2.05, 4.69) is 5.32 Å². The number of nitrogens with zero attached hydrogens (tertiary/aromatic N) is 1. The van der Waals surface area contributed by atoms with Crippen LogP contribution in [0, 0.1) is 0 Å². The van der Waals surface area contributed by atoms with E-state index in [1.54, 1.807) is 18.4 Å². The third-order valence-electron chi connectivity index (χ3n) is 4.55. The molecule has 1 amide bonds. The van der Waals surface area contributed by atoms with Gasteiger partial charge in [0, 0.05) is 12.3 Å². The lowest BCUT2D eigenvalue weighted by atomic mass is 10.2. The Morgan fingerprint density at radius 2 is 1.82 bits per heavy atom. The second kappa shape index (κ2) is 11.2. The topological polar surface area (TPSA) is 79.6 Å². The van der Waals surface area contributed by atoms with Crippen molar-refractivity contribution in [2.75, 3.05) is 23.1 Å². The second-order valence-electron chi connectivity index (χ2n) is 6.97. The van der Waals surface area contributed by atoms with Crippen LogP contribution < -0.4 is 9.62 Å². The molecule has 0 unspecified atom stereocenters. The summed E-state index contributed by atoms with van der Waals surface area (Å²) in [6, 6.07) is 13.0. The van der Waals surface area contributed by atoms with Crippen LogP contribution in [0.5, 0.6) is 0 Å². The van der Waals surface area contributed by atoms with Crippen molar-refractivity contribution in [2.45, 2.75) is 16.8 Å². The zero-order chi connectivity index (χ0) is 24.8. The number of amides is 1. The summed E-state index contributed by atoms with van der Waals surface area (Å²) < 4.78 is 72.2. The third kappa shape index (κ3) is 6.71. The molecule has 182 valence electrons. The molecule has 0 atom stereocenters. The number of carbonyl (C=O) groups is 1. The molecule has 12 heteroatoms. The van der Waals surface area contributed by atoms with E-state index in [-0.39, 0.29) is 16.5 Å². The Kier molecular flexibility index (Phi) is 8.56. The number of furan rings is 1. The van der Waals surface area contributed by atoms with Gasteiger partial charge >= 0.3 is 6.18 Å². The van der Waals surface area contributed by atoms with Crippen LogP contribution in [-0.2, 0) is 26.7 Å². The fourth-order valence-electron chi connectivity index (χ4n) is 2.92. The van der Waals surface area contributed by atoms with Gasteiger partial charge in [0.05, 0.1) is 33.2 Å². The summed E-state index contributed by atoms with van der Waals surface area (Å²) in [5.74, 6) is 1.20. The van der Waals surface area contributed by atoms with E-state index in [1.165, 1.54) is 36.0 Å². The number of benzene rings is 2. The molecule has 0 spiro atoms. The molecular weight excluding hydrogens is 513 g/mol. The van der Waals surface area contributed by atoms with Crippen LogP contribution in [0.4, 0.5) is 18.9 Å². The van der Waals surface area contributed by atoms with Gasteiger partial charge in [0.2, 0.25) is 5.91 Å².